The van der Waals surface area contributed by atoms with Gasteiger partial charge in [0.25, 0.3) is 0 Å². The van der Waals surface area contributed by atoms with E-state index in [-0.39, 0.29) is 16.7 Å². The molecule has 0 aromatic heterocycles. The highest BCUT2D eigenvalue weighted by Crippen LogP contribution is 2.59. The number of fused-ring (bicyclic) bond motifs is 3. The lowest BCUT2D eigenvalue weighted by Crippen LogP contribution is -2.37. The van der Waals surface area contributed by atoms with E-state index in [2.05, 4.69) is 171 Å². The van der Waals surface area contributed by atoms with Crippen molar-refractivity contribution in [1.29, 1.82) is 0 Å². The molecule has 0 heteroatoms. The quantitative estimate of drug-likeness (QED) is 0.196. The molecule has 0 saturated carbocycles. The molecule has 0 nitrogen and oxygen atoms in total. The Labute approximate surface area is 253 Å². The Kier molecular flexibility index (Phi) is 6.81. The molecule has 0 unspecified atom stereocenters. The summed E-state index contributed by atoms with van der Waals surface area (Å²) in [7, 11) is 0. The molecule has 0 atom stereocenters. The number of hydrogen-bond acceptors (Lipinski definition) is 0. The fraction of sp³-hybridized carbons (Fsp3) is 0.286. The van der Waals surface area contributed by atoms with E-state index in [1.54, 1.807) is 0 Å². The van der Waals surface area contributed by atoms with Gasteiger partial charge in [-0.15, -0.1) is 0 Å². The molecule has 0 fully saturated rings. The van der Waals surface area contributed by atoms with Gasteiger partial charge in [0.05, 0.1) is 5.41 Å². The summed E-state index contributed by atoms with van der Waals surface area (Å²) in [6, 6.07) is 44.4. The zero-order valence-corrected chi connectivity index (χ0v) is 26.5. The topological polar surface area (TPSA) is 0 Å². The van der Waals surface area contributed by atoms with Crippen LogP contribution in [0.2, 0.25) is 0 Å². The molecular formula is C42H44. The first-order valence-electron chi connectivity index (χ1n) is 15.4. The Morgan fingerprint density at radius 3 is 1.14 bits per heavy atom. The normalized spacial score (nSPS) is 13.6. The van der Waals surface area contributed by atoms with Crippen molar-refractivity contribution in [2.24, 2.45) is 0 Å². The molecule has 6 rings (SSSR count). The van der Waals surface area contributed by atoms with Crippen molar-refractivity contribution in [2.45, 2.75) is 77.6 Å². The minimum absolute atomic E-state index is 0.0497. The summed E-state index contributed by atoms with van der Waals surface area (Å²) < 4.78 is 0. The predicted molar refractivity (Wildman–Crippen MR) is 180 cm³/mol. The van der Waals surface area contributed by atoms with Crippen LogP contribution in [0.4, 0.5) is 0 Å². The first-order chi connectivity index (χ1) is 19.9. The van der Waals surface area contributed by atoms with Crippen molar-refractivity contribution in [3.8, 4) is 11.1 Å². The van der Waals surface area contributed by atoms with E-state index >= 15 is 0 Å². The summed E-state index contributed by atoms with van der Waals surface area (Å²) in [5.41, 5.74) is 14.5. The second-order valence-corrected chi connectivity index (χ2v) is 14.4. The molecule has 5 aromatic carbocycles. The molecule has 1 aliphatic carbocycles. The molecule has 212 valence electrons. The lowest BCUT2D eigenvalue weighted by molar-refractivity contribution is 0.538. The Morgan fingerprint density at radius 2 is 0.762 bits per heavy atom. The van der Waals surface area contributed by atoms with Crippen LogP contribution in [0.15, 0.2) is 115 Å². The molecule has 0 bridgehead atoms. The Balaban J connectivity index is 1.80. The molecule has 0 radical (unpaired) electrons. The van der Waals surface area contributed by atoms with Crippen LogP contribution in [0, 0.1) is 13.8 Å². The summed E-state index contributed by atoms with van der Waals surface area (Å²) in [5.74, 6) is 0.0971. The fourth-order valence-electron chi connectivity index (χ4n) is 6.99. The third-order valence-corrected chi connectivity index (χ3v) is 9.42. The monoisotopic (exact) mass is 548 g/mol. The maximum absolute atomic E-state index is 2.52. The molecule has 0 spiro atoms. The number of benzene rings is 5. The maximum Gasteiger partial charge on any atom is 0.0560 e. The van der Waals surface area contributed by atoms with Gasteiger partial charge in [0, 0.05) is 5.92 Å². The molecule has 0 aliphatic heterocycles. The van der Waals surface area contributed by atoms with Gasteiger partial charge in [-0.3, -0.25) is 0 Å². The zero-order chi connectivity index (χ0) is 29.9. The van der Waals surface area contributed by atoms with Gasteiger partial charge in [-0.25, -0.2) is 0 Å². The number of hydrogen-bond donors (Lipinski definition) is 0. The van der Waals surface area contributed by atoms with Crippen molar-refractivity contribution in [1.82, 2.24) is 0 Å². The molecule has 1 aliphatic rings. The first kappa shape index (κ1) is 28.2. The molecule has 0 N–H and O–H groups in total. The highest BCUT2D eigenvalue weighted by Gasteiger charge is 2.49. The summed E-state index contributed by atoms with van der Waals surface area (Å²) in [4.78, 5) is 0. The SMILES string of the molecule is Cc1ccc(C(c2ccccc2)(c2ccc(C)cc2)C2c3cc(C(C)(C)C)ccc3-c3ccc(C(C)(C)C)cc32)cc1. The van der Waals surface area contributed by atoms with Crippen molar-refractivity contribution in [3.05, 3.63) is 165 Å². The van der Waals surface area contributed by atoms with E-state index in [9.17, 15) is 0 Å². The first-order valence-corrected chi connectivity index (χ1v) is 15.4. The smallest absolute Gasteiger partial charge is 0.0560 e. The van der Waals surface area contributed by atoms with Crippen molar-refractivity contribution >= 4 is 0 Å². The molecule has 0 saturated heterocycles. The zero-order valence-electron chi connectivity index (χ0n) is 26.5. The lowest BCUT2D eigenvalue weighted by atomic mass is 9.58. The van der Waals surface area contributed by atoms with Crippen LogP contribution in [0.1, 0.15) is 97.5 Å². The van der Waals surface area contributed by atoms with Crippen LogP contribution >= 0.6 is 0 Å². The van der Waals surface area contributed by atoms with E-state index in [0.29, 0.717) is 0 Å². The maximum atomic E-state index is 2.52. The molecular weight excluding hydrogens is 504 g/mol. The molecule has 0 heterocycles. The van der Waals surface area contributed by atoms with Gasteiger partial charge in [-0.05, 0) is 74.7 Å². The van der Waals surface area contributed by atoms with Crippen molar-refractivity contribution in [2.75, 3.05) is 0 Å². The van der Waals surface area contributed by atoms with Gasteiger partial charge in [-0.1, -0.05) is 168 Å². The van der Waals surface area contributed by atoms with Crippen molar-refractivity contribution < 1.29 is 0 Å². The fourth-order valence-corrected chi connectivity index (χ4v) is 6.99. The third kappa shape index (κ3) is 4.62. The van der Waals surface area contributed by atoms with Gasteiger partial charge in [0.2, 0.25) is 0 Å². The van der Waals surface area contributed by atoms with Crippen LogP contribution in [0.3, 0.4) is 0 Å². The van der Waals surface area contributed by atoms with E-state index < -0.39 is 5.41 Å². The van der Waals surface area contributed by atoms with Crippen LogP contribution in [0.25, 0.3) is 11.1 Å². The summed E-state index contributed by atoms with van der Waals surface area (Å²) in [6.07, 6.45) is 0. The van der Waals surface area contributed by atoms with Crippen LogP contribution < -0.4 is 0 Å². The third-order valence-electron chi connectivity index (χ3n) is 9.42. The summed E-state index contributed by atoms with van der Waals surface area (Å²) >= 11 is 0. The van der Waals surface area contributed by atoms with Gasteiger partial charge in [-0.2, -0.15) is 0 Å². The molecule has 5 aromatic rings. The predicted octanol–water partition coefficient (Wildman–Crippen LogP) is 11.0. The van der Waals surface area contributed by atoms with E-state index in [1.165, 1.54) is 61.2 Å². The second-order valence-electron chi connectivity index (χ2n) is 14.4. The molecule has 42 heavy (non-hydrogen) atoms. The average Bonchev–Trinajstić information content (AvgIpc) is 3.28. The highest BCUT2D eigenvalue weighted by atomic mass is 14.5. The molecule has 0 amide bonds. The van der Waals surface area contributed by atoms with Gasteiger partial charge < -0.3 is 0 Å². The Hall–Kier alpha value is -3.90. The number of aryl methyl sites for hydroxylation is 2. The Morgan fingerprint density at radius 1 is 0.405 bits per heavy atom. The largest absolute Gasteiger partial charge is 0.0622 e. The summed E-state index contributed by atoms with van der Waals surface area (Å²) in [6.45, 7) is 18.3. The van der Waals surface area contributed by atoms with Gasteiger partial charge in [0.15, 0.2) is 0 Å². The van der Waals surface area contributed by atoms with E-state index in [4.69, 9.17) is 0 Å². The standard InChI is InChI=1S/C42H44/c1-28-14-18-31(19-15-28)42(30-12-10-9-11-13-30,32-20-16-29(2)17-21-32)39-37-26-33(40(3,4)5)22-24-35(37)36-25-23-34(27-38(36)39)41(6,7)8/h9-27,39H,1-8H3. The van der Waals surface area contributed by atoms with Crippen LogP contribution in [-0.2, 0) is 16.2 Å². The Bertz CT molecular complexity index is 1610. The van der Waals surface area contributed by atoms with Crippen LogP contribution in [0.5, 0.6) is 0 Å². The van der Waals surface area contributed by atoms with Gasteiger partial charge >= 0.3 is 0 Å². The minimum Gasteiger partial charge on any atom is -0.0622 e. The van der Waals surface area contributed by atoms with E-state index in [1.807, 2.05) is 0 Å². The minimum atomic E-state index is -0.435. The lowest BCUT2D eigenvalue weighted by Gasteiger charge is -2.43. The average molecular weight is 549 g/mol. The van der Waals surface area contributed by atoms with Crippen LogP contribution in [-0.4, -0.2) is 0 Å². The second kappa shape index (κ2) is 10.1. The number of rotatable bonds is 4. The van der Waals surface area contributed by atoms with Crippen molar-refractivity contribution in [3.63, 3.8) is 0 Å². The summed E-state index contributed by atoms with van der Waals surface area (Å²) in [5, 5.41) is 0. The van der Waals surface area contributed by atoms with Gasteiger partial charge in [0.1, 0.15) is 0 Å². The van der Waals surface area contributed by atoms with E-state index in [0.717, 1.165) is 0 Å². The highest BCUT2D eigenvalue weighted by molar-refractivity contribution is 5.82.